The Morgan fingerprint density at radius 3 is 2.53 bits per heavy atom. The summed E-state index contributed by atoms with van der Waals surface area (Å²) in [5.41, 5.74) is -0.519. The highest BCUT2D eigenvalue weighted by Gasteiger charge is 2.27. The maximum Gasteiger partial charge on any atom is 0.270 e. The number of rotatable bonds is 4. The van der Waals surface area contributed by atoms with E-state index in [1.807, 2.05) is 0 Å². The van der Waals surface area contributed by atoms with Crippen molar-refractivity contribution in [2.45, 2.75) is 4.90 Å². The number of hydrogen-bond acceptors (Lipinski definition) is 5. The van der Waals surface area contributed by atoms with E-state index in [9.17, 15) is 22.9 Å². The molecule has 0 aliphatic heterocycles. The molecule has 0 aromatic heterocycles. The second kappa shape index (κ2) is 4.73. The number of sulfonamides is 1. The van der Waals surface area contributed by atoms with Gasteiger partial charge in [0.25, 0.3) is 15.7 Å². The Morgan fingerprint density at radius 1 is 1.47 bits per heavy atom. The van der Waals surface area contributed by atoms with E-state index in [0.717, 1.165) is 20.2 Å². The first-order chi connectivity index (χ1) is 7.80. The lowest BCUT2D eigenvalue weighted by Crippen LogP contribution is -2.26. The molecule has 0 atom stereocenters. The van der Waals surface area contributed by atoms with Gasteiger partial charge in [-0.1, -0.05) is 4.47 Å². The third-order valence-electron chi connectivity index (χ3n) is 2.00. The standard InChI is InChI=1S/C8H9FN2O5S/c1-10(16-2)17(14,15)8-5-6(11(12)13)3-4-7(8)9/h3-5H,1-2H3. The normalized spacial score (nSPS) is 11.8. The Bertz CT molecular complexity index is 545. The summed E-state index contributed by atoms with van der Waals surface area (Å²) < 4.78 is 37.1. The van der Waals surface area contributed by atoms with E-state index in [2.05, 4.69) is 4.84 Å². The number of benzene rings is 1. The van der Waals surface area contributed by atoms with Gasteiger partial charge in [-0.2, -0.15) is 0 Å². The molecule has 0 radical (unpaired) electrons. The average molecular weight is 264 g/mol. The van der Waals surface area contributed by atoms with Crippen molar-refractivity contribution in [1.29, 1.82) is 0 Å². The van der Waals surface area contributed by atoms with Crippen LogP contribution in [0.5, 0.6) is 0 Å². The Balaban J connectivity index is 3.40. The van der Waals surface area contributed by atoms with E-state index in [-0.39, 0.29) is 0 Å². The molecule has 0 heterocycles. The fourth-order valence-electron chi connectivity index (χ4n) is 1.04. The molecule has 17 heavy (non-hydrogen) atoms. The predicted octanol–water partition coefficient (Wildman–Crippen LogP) is 0.916. The second-order valence-electron chi connectivity index (χ2n) is 2.97. The number of nitrogens with zero attached hydrogens (tertiary/aromatic N) is 2. The van der Waals surface area contributed by atoms with Gasteiger partial charge in [0, 0.05) is 19.2 Å². The van der Waals surface area contributed by atoms with E-state index in [0.29, 0.717) is 16.6 Å². The van der Waals surface area contributed by atoms with Gasteiger partial charge in [-0.3, -0.25) is 15.0 Å². The Hall–Kier alpha value is -1.58. The molecular weight excluding hydrogens is 255 g/mol. The molecule has 0 amide bonds. The van der Waals surface area contributed by atoms with Crippen molar-refractivity contribution in [3.05, 3.63) is 34.1 Å². The van der Waals surface area contributed by atoms with Crippen molar-refractivity contribution in [3.8, 4) is 0 Å². The van der Waals surface area contributed by atoms with Crippen LogP contribution in [0, 0.1) is 15.9 Å². The molecule has 0 fully saturated rings. The quantitative estimate of drug-likeness (QED) is 0.595. The van der Waals surface area contributed by atoms with E-state index < -0.39 is 31.3 Å². The molecule has 1 aromatic carbocycles. The number of halogens is 1. The van der Waals surface area contributed by atoms with Gasteiger partial charge in [-0.15, -0.1) is 0 Å². The fourth-order valence-corrected chi connectivity index (χ4v) is 2.10. The highest BCUT2D eigenvalue weighted by atomic mass is 32.2. The average Bonchev–Trinajstić information content (AvgIpc) is 2.27. The number of hydrogen-bond donors (Lipinski definition) is 0. The largest absolute Gasteiger partial charge is 0.288 e. The molecule has 0 bridgehead atoms. The summed E-state index contributed by atoms with van der Waals surface area (Å²) in [6, 6.07) is 2.23. The lowest BCUT2D eigenvalue weighted by atomic mass is 10.3. The summed E-state index contributed by atoms with van der Waals surface area (Å²) in [6.45, 7) is 0. The molecule has 9 heteroatoms. The lowest BCUT2D eigenvalue weighted by Gasteiger charge is -2.14. The first-order valence-corrected chi connectivity index (χ1v) is 5.71. The van der Waals surface area contributed by atoms with E-state index in [4.69, 9.17) is 0 Å². The third kappa shape index (κ3) is 2.57. The molecule has 0 N–H and O–H groups in total. The van der Waals surface area contributed by atoms with E-state index in [1.54, 1.807) is 0 Å². The van der Waals surface area contributed by atoms with Crippen LogP contribution in [0.4, 0.5) is 10.1 Å². The van der Waals surface area contributed by atoms with E-state index >= 15 is 0 Å². The van der Waals surface area contributed by atoms with Gasteiger partial charge in [-0.05, 0) is 6.07 Å². The zero-order valence-electron chi connectivity index (χ0n) is 8.95. The summed E-state index contributed by atoms with van der Waals surface area (Å²) in [5.74, 6) is -1.08. The van der Waals surface area contributed by atoms with Crippen LogP contribution in [0.2, 0.25) is 0 Å². The van der Waals surface area contributed by atoms with Crippen LogP contribution in [0.1, 0.15) is 0 Å². The van der Waals surface area contributed by atoms with Crippen LogP contribution >= 0.6 is 0 Å². The highest BCUT2D eigenvalue weighted by Crippen LogP contribution is 2.23. The number of nitro benzene ring substituents is 1. The molecule has 1 rings (SSSR count). The van der Waals surface area contributed by atoms with Crippen molar-refractivity contribution in [3.63, 3.8) is 0 Å². The van der Waals surface area contributed by atoms with Crippen LogP contribution in [0.15, 0.2) is 23.1 Å². The minimum Gasteiger partial charge on any atom is -0.288 e. The van der Waals surface area contributed by atoms with Crippen LogP contribution < -0.4 is 0 Å². The molecular formula is C8H9FN2O5S. The Morgan fingerprint density at radius 2 is 2.06 bits per heavy atom. The summed E-state index contributed by atoms with van der Waals surface area (Å²) in [5, 5.41) is 10.5. The Kier molecular flexibility index (Phi) is 3.76. The second-order valence-corrected chi connectivity index (χ2v) is 4.87. The number of nitro groups is 1. The van der Waals surface area contributed by atoms with Crippen molar-refractivity contribution in [2.75, 3.05) is 14.2 Å². The molecule has 0 unspecified atom stereocenters. The summed E-state index contributed by atoms with van der Waals surface area (Å²) in [7, 11) is -2.12. The number of non-ortho nitro benzene ring substituents is 1. The zero-order chi connectivity index (χ0) is 13.2. The third-order valence-corrected chi connectivity index (χ3v) is 3.69. The first-order valence-electron chi connectivity index (χ1n) is 4.27. The first kappa shape index (κ1) is 13.5. The molecule has 0 aliphatic carbocycles. The summed E-state index contributed by atoms with van der Waals surface area (Å²) in [4.78, 5) is 13.3. The van der Waals surface area contributed by atoms with Gasteiger partial charge in [0.15, 0.2) is 0 Å². The molecule has 0 spiro atoms. The maximum absolute atomic E-state index is 13.3. The van der Waals surface area contributed by atoms with Crippen molar-refractivity contribution in [2.24, 2.45) is 0 Å². The predicted molar refractivity (Wildman–Crippen MR) is 55.0 cm³/mol. The van der Waals surface area contributed by atoms with Crippen LogP contribution in [-0.4, -0.2) is 32.0 Å². The smallest absolute Gasteiger partial charge is 0.270 e. The molecule has 0 aliphatic rings. The van der Waals surface area contributed by atoms with Crippen LogP contribution in [0.3, 0.4) is 0 Å². The molecule has 0 saturated carbocycles. The molecule has 94 valence electrons. The van der Waals surface area contributed by atoms with Crippen LogP contribution in [-0.2, 0) is 14.9 Å². The minimum atomic E-state index is -4.24. The number of hydroxylamine groups is 1. The van der Waals surface area contributed by atoms with Gasteiger partial charge >= 0.3 is 0 Å². The molecule has 0 saturated heterocycles. The van der Waals surface area contributed by atoms with Crippen molar-refractivity contribution in [1.82, 2.24) is 4.47 Å². The highest BCUT2D eigenvalue weighted by molar-refractivity contribution is 7.89. The molecule has 1 aromatic rings. The minimum absolute atomic E-state index is 0.412. The maximum atomic E-state index is 13.3. The SMILES string of the molecule is CON(C)S(=O)(=O)c1cc([N+](=O)[O-])ccc1F. The van der Waals surface area contributed by atoms with Crippen molar-refractivity contribution >= 4 is 15.7 Å². The van der Waals surface area contributed by atoms with Gasteiger partial charge in [-0.25, -0.2) is 12.8 Å². The van der Waals surface area contributed by atoms with Gasteiger partial charge in [0.1, 0.15) is 10.7 Å². The van der Waals surface area contributed by atoms with Gasteiger partial charge in [0.2, 0.25) is 0 Å². The molecule has 7 nitrogen and oxygen atoms in total. The Labute approximate surface area is 96.6 Å². The van der Waals surface area contributed by atoms with Crippen LogP contribution in [0.25, 0.3) is 0 Å². The fraction of sp³-hybridized carbons (Fsp3) is 0.250. The van der Waals surface area contributed by atoms with Gasteiger partial charge in [0.05, 0.1) is 12.0 Å². The topological polar surface area (TPSA) is 89.8 Å². The summed E-state index contributed by atoms with van der Waals surface area (Å²) >= 11 is 0. The van der Waals surface area contributed by atoms with E-state index in [1.165, 1.54) is 0 Å². The lowest BCUT2D eigenvalue weighted by molar-refractivity contribution is -0.385. The van der Waals surface area contributed by atoms with Gasteiger partial charge < -0.3 is 0 Å². The van der Waals surface area contributed by atoms with Crippen molar-refractivity contribution < 1.29 is 22.6 Å². The monoisotopic (exact) mass is 264 g/mol. The summed E-state index contributed by atoms with van der Waals surface area (Å²) in [6.07, 6.45) is 0. The zero-order valence-corrected chi connectivity index (χ0v) is 9.77.